The van der Waals surface area contributed by atoms with Gasteiger partial charge in [-0.1, -0.05) is 44.2 Å². The minimum atomic E-state index is -1.63. The molecule has 1 aliphatic heterocycles. The van der Waals surface area contributed by atoms with Gasteiger partial charge in [0.2, 0.25) is 59.1 Å². The first-order chi connectivity index (χ1) is 36.4. The summed E-state index contributed by atoms with van der Waals surface area (Å²) in [6.45, 7) is 4.26. The van der Waals surface area contributed by atoms with Crippen molar-refractivity contribution in [1.82, 2.24) is 42.1 Å². The zero-order valence-electron chi connectivity index (χ0n) is 44.3. The van der Waals surface area contributed by atoms with Crippen LogP contribution in [0.2, 0.25) is 0 Å². The summed E-state index contributed by atoms with van der Waals surface area (Å²) in [5.41, 5.74) is 39.4. The van der Waals surface area contributed by atoms with Crippen LogP contribution >= 0.6 is 11.8 Å². The molecule has 0 aliphatic carbocycles. The number of aliphatic imine (C=N–C) groups is 2. The van der Waals surface area contributed by atoms with Crippen LogP contribution in [0.3, 0.4) is 0 Å². The van der Waals surface area contributed by atoms with Crippen molar-refractivity contribution in [2.24, 2.45) is 56.0 Å². The minimum Gasteiger partial charge on any atom is -0.394 e. The van der Waals surface area contributed by atoms with E-state index >= 15 is 0 Å². The first kappa shape index (κ1) is 65.8. The molecule has 10 amide bonds. The third kappa shape index (κ3) is 24.5. The fraction of sp³-hybridized carbons (Fsp3) is 0.625. The second-order valence-electron chi connectivity index (χ2n) is 19.0. The molecule has 28 nitrogen and oxygen atoms in total. The number of likely N-dealkylation sites (tertiary alicyclic amines) is 1. The van der Waals surface area contributed by atoms with Gasteiger partial charge in [0.15, 0.2) is 11.9 Å². The van der Waals surface area contributed by atoms with Gasteiger partial charge in [0, 0.05) is 32.5 Å². The topological polar surface area (TPSA) is 485 Å². The predicted molar refractivity (Wildman–Crippen MR) is 289 cm³/mol. The summed E-state index contributed by atoms with van der Waals surface area (Å²) in [6, 6.07) is -2.66. The SMILES string of the molecule is CSCCC(NC(=O)C(CO)NC(=O)C1CCCN1C(=O)C(CCC(N)=O)NC(=O)C(C)N)C(=O)NC(CCCN=C(N)N)C(=O)NC(CC(C)C)C(=O)NC(CCCN=C(N)N)C(=O)NC(Cc1ccccc1)C(N)=O. The Balaban J connectivity index is 2.39. The average molecular weight is 1100 g/mol. The summed E-state index contributed by atoms with van der Waals surface area (Å²) in [4.78, 5) is 143. The summed E-state index contributed by atoms with van der Waals surface area (Å²) in [6.07, 6.45) is 2.21. The van der Waals surface area contributed by atoms with Crippen LogP contribution in [0.4, 0.5) is 0 Å². The number of thioether (sulfide) groups is 1. The zero-order chi connectivity index (χ0) is 57.8. The van der Waals surface area contributed by atoms with E-state index in [1.165, 1.54) is 23.6 Å². The Morgan fingerprint density at radius 3 is 1.58 bits per heavy atom. The Hall–Kier alpha value is -7.27. The number of rotatable bonds is 35. The molecular weight excluding hydrogens is 1020 g/mol. The molecule has 1 fully saturated rings. The lowest BCUT2D eigenvalue weighted by molar-refractivity contribution is -0.142. The van der Waals surface area contributed by atoms with Gasteiger partial charge in [-0.25, -0.2) is 0 Å². The summed E-state index contributed by atoms with van der Waals surface area (Å²) in [5, 5.41) is 28.5. The number of guanidine groups is 2. The maximum Gasteiger partial charge on any atom is 0.245 e. The number of hydrogen-bond donors (Lipinski definition) is 15. The van der Waals surface area contributed by atoms with Gasteiger partial charge in [0.25, 0.3) is 0 Å². The molecule has 2 rings (SSSR count). The van der Waals surface area contributed by atoms with Crippen LogP contribution in [0, 0.1) is 5.92 Å². The molecule has 0 saturated carbocycles. The number of carbonyl (C=O) groups excluding carboxylic acids is 10. The third-order valence-electron chi connectivity index (χ3n) is 12.0. The van der Waals surface area contributed by atoms with E-state index in [0.717, 1.165) is 0 Å². The van der Waals surface area contributed by atoms with E-state index in [2.05, 4.69) is 47.2 Å². The molecule has 1 saturated heterocycles. The number of aliphatic hydroxyl groups excluding tert-OH is 1. The first-order valence-electron chi connectivity index (χ1n) is 25.4. The minimum absolute atomic E-state index is 0.00424. The highest BCUT2D eigenvalue weighted by Gasteiger charge is 2.40. The van der Waals surface area contributed by atoms with Crippen LogP contribution in [0.5, 0.6) is 0 Å². The number of nitrogens with zero attached hydrogens (tertiary/aromatic N) is 3. The maximum absolute atomic E-state index is 14.3. The molecule has 77 heavy (non-hydrogen) atoms. The Bertz CT molecular complexity index is 2210. The van der Waals surface area contributed by atoms with Crippen LogP contribution in [0.25, 0.3) is 0 Å². The highest BCUT2D eigenvalue weighted by molar-refractivity contribution is 7.98. The van der Waals surface area contributed by atoms with Gasteiger partial charge in [-0.05, 0) is 88.2 Å². The third-order valence-corrected chi connectivity index (χ3v) is 12.7. The molecule has 9 atom stereocenters. The van der Waals surface area contributed by atoms with Crippen molar-refractivity contribution in [2.75, 3.05) is 38.2 Å². The van der Waals surface area contributed by atoms with E-state index in [1.54, 1.807) is 50.4 Å². The number of hydrogen-bond acceptors (Lipinski definition) is 15. The normalized spacial score (nSPS) is 16.1. The quantitative estimate of drug-likeness (QED) is 0.0171. The number of primary amides is 2. The highest BCUT2D eigenvalue weighted by atomic mass is 32.2. The first-order valence-corrected chi connectivity index (χ1v) is 26.8. The standard InChI is InChI=1S/C48H81N17O11S/c1-26(2)23-34(43(73)59-29(13-8-19-56-47(52)53)40(70)62-33(38(51)68)24-28-11-6-5-7-12-28)63-41(71)30(14-9-20-57-48(54)55)58-42(72)31(18-22-77-4)60-44(74)35(25-66)64-45(75)36-15-10-21-65(36)46(76)32(16-17-37(50)67)61-39(69)27(3)49/h5-7,11-12,26-27,29-36,66H,8-10,13-25,49H2,1-4H3,(H2,50,67)(H2,51,68)(H,58,72)(H,59,73)(H,60,74)(H,61,69)(H,62,70)(H,63,71)(H,64,75)(H4,52,53,56)(H4,54,55,57). The lowest BCUT2D eigenvalue weighted by atomic mass is 10.0. The van der Waals surface area contributed by atoms with Gasteiger partial charge >= 0.3 is 0 Å². The van der Waals surface area contributed by atoms with Gasteiger partial charge < -0.3 is 87.4 Å². The summed E-state index contributed by atoms with van der Waals surface area (Å²) < 4.78 is 0. The summed E-state index contributed by atoms with van der Waals surface area (Å²) in [7, 11) is 0. The molecule has 9 unspecified atom stereocenters. The Morgan fingerprint density at radius 2 is 1.12 bits per heavy atom. The molecule has 1 aromatic rings. The predicted octanol–water partition coefficient (Wildman–Crippen LogP) is -5.39. The number of nitrogens with one attached hydrogen (secondary N) is 7. The molecule has 0 radical (unpaired) electrons. The Morgan fingerprint density at radius 1 is 0.636 bits per heavy atom. The highest BCUT2D eigenvalue weighted by Crippen LogP contribution is 2.20. The van der Waals surface area contributed by atoms with Crippen molar-refractivity contribution in [3.63, 3.8) is 0 Å². The zero-order valence-corrected chi connectivity index (χ0v) is 45.1. The van der Waals surface area contributed by atoms with Gasteiger partial charge in [-0.3, -0.25) is 57.9 Å². The van der Waals surface area contributed by atoms with E-state index in [9.17, 15) is 53.1 Å². The fourth-order valence-corrected chi connectivity index (χ4v) is 8.47. The van der Waals surface area contributed by atoms with E-state index < -0.39 is 120 Å². The molecule has 0 aromatic heterocycles. The van der Waals surface area contributed by atoms with Crippen molar-refractivity contribution < 1.29 is 53.1 Å². The van der Waals surface area contributed by atoms with Crippen molar-refractivity contribution in [1.29, 1.82) is 0 Å². The average Bonchev–Trinajstić information content (AvgIpc) is 3.87. The second-order valence-corrected chi connectivity index (χ2v) is 20.0. The number of carbonyl (C=O) groups is 10. The monoisotopic (exact) mass is 1100 g/mol. The van der Waals surface area contributed by atoms with Gasteiger partial charge in [-0.2, -0.15) is 11.8 Å². The van der Waals surface area contributed by atoms with Crippen molar-refractivity contribution >= 4 is 82.8 Å². The molecule has 1 heterocycles. The second kappa shape index (κ2) is 34.4. The van der Waals surface area contributed by atoms with Crippen molar-refractivity contribution in [3.8, 4) is 0 Å². The molecule has 0 bridgehead atoms. The fourth-order valence-electron chi connectivity index (χ4n) is 8.00. The Labute approximate surface area is 452 Å². The molecule has 0 spiro atoms. The lowest BCUT2D eigenvalue weighted by Gasteiger charge is -2.30. The van der Waals surface area contributed by atoms with Gasteiger partial charge in [0.05, 0.1) is 12.6 Å². The molecule has 22 N–H and O–H groups in total. The molecule has 430 valence electrons. The van der Waals surface area contributed by atoms with Crippen molar-refractivity contribution in [3.05, 3.63) is 35.9 Å². The molecule has 29 heteroatoms. The number of nitrogens with two attached hydrogens (primary N) is 7. The van der Waals surface area contributed by atoms with Crippen LogP contribution < -0.4 is 77.4 Å². The van der Waals surface area contributed by atoms with Crippen LogP contribution in [0.15, 0.2) is 40.3 Å². The van der Waals surface area contributed by atoms with Crippen LogP contribution in [0.1, 0.15) is 90.5 Å². The summed E-state index contributed by atoms with van der Waals surface area (Å²) >= 11 is 1.33. The molecule has 1 aliphatic rings. The largest absolute Gasteiger partial charge is 0.394 e. The molecular formula is C48H81N17O11S. The summed E-state index contributed by atoms with van der Waals surface area (Å²) in [5.74, 6) is -8.23. The van der Waals surface area contributed by atoms with Crippen LogP contribution in [-0.2, 0) is 54.4 Å². The number of amides is 10. The van der Waals surface area contributed by atoms with E-state index in [0.29, 0.717) is 17.7 Å². The lowest BCUT2D eigenvalue weighted by Crippen LogP contribution is -2.61. The van der Waals surface area contributed by atoms with E-state index in [1.807, 2.05) is 0 Å². The van der Waals surface area contributed by atoms with Gasteiger partial charge in [-0.15, -0.1) is 0 Å². The number of benzene rings is 1. The number of aliphatic hydroxyl groups is 1. The molecule has 1 aromatic carbocycles. The maximum atomic E-state index is 14.3. The van der Waals surface area contributed by atoms with E-state index in [4.69, 9.17) is 40.1 Å². The van der Waals surface area contributed by atoms with E-state index in [-0.39, 0.29) is 102 Å². The van der Waals surface area contributed by atoms with Crippen molar-refractivity contribution in [2.45, 2.75) is 146 Å². The van der Waals surface area contributed by atoms with Gasteiger partial charge in [0.1, 0.15) is 48.3 Å². The Kier molecular flexibility index (Phi) is 29.4. The smallest absolute Gasteiger partial charge is 0.245 e. The van der Waals surface area contributed by atoms with Crippen LogP contribution in [-0.4, -0.2) is 174 Å².